The number of allylic oxidation sites excluding steroid dienone is 1. The number of hydrogen-bond donors (Lipinski definition) is 4. The van der Waals surface area contributed by atoms with E-state index < -0.39 is 12.0 Å². The summed E-state index contributed by atoms with van der Waals surface area (Å²) in [6, 6.07) is 11.9. The third-order valence-corrected chi connectivity index (χ3v) is 3.93. The van der Waals surface area contributed by atoms with Crippen LogP contribution < -0.4 is 20.5 Å². The molecule has 0 radical (unpaired) electrons. The van der Waals surface area contributed by atoms with Crippen LogP contribution in [0, 0.1) is 0 Å². The number of amides is 1. The van der Waals surface area contributed by atoms with Crippen LogP contribution in [0.25, 0.3) is 0 Å². The zero-order chi connectivity index (χ0) is 20.4. The lowest BCUT2D eigenvalue weighted by molar-refractivity contribution is 0.0996. The van der Waals surface area contributed by atoms with Crippen LogP contribution in [0.1, 0.15) is 15.9 Å². The lowest BCUT2D eigenvalue weighted by atomic mass is 10.1. The Labute approximate surface area is 164 Å². The predicted octanol–water partition coefficient (Wildman–Crippen LogP) is 1.63. The van der Waals surface area contributed by atoms with Gasteiger partial charge in [0, 0.05) is 13.1 Å². The first-order valence-electron chi connectivity index (χ1n) is 8.97. The molecule has 2 aromatic carbocycles. The number of primary amides is 1. The van der Waals surface area contributed by atoms with Crippen LogP contribution in [0.2, 0.25) is 0 Å². The number of nitrogens with one attached hydrogen (secondary N) is 1. The molecule has 7 nitrogen and oxygen atoms in total. The molecule has 150 valence electrons. The lowest BCUT2D eigenvalue weighted by Gasteiger charge is -2.15. The fourth-order valence-electron chi connectivity index (χ4n) is 2.53. The average molecular weight is 386 g/mol. The quantitative estimate of drug-likeness (QED) is 0.326. The molecular formula is C21H26N2O5. The Hall–Kier alpha value is -3.03. The van der Waals surface area contributed by atoms with Gasteiger partial charge >= 0.3 is 0 Å². The van der Waals surface area contributed by atoms with E-state index in [1.165, 1.54) is 12.1 Å². The average Bonchev–Trinajstić information content (AvgIpc) is 2.68. The van der Waals surface area contributed by atoms with Gasteiger partial charge in [0.05, 0.1) is 5.56 Å². The van der Waals surface area contributed by atoms with E-state index in [1.54, 1.807) is 12.1 Å². The molecule has 0 aliphatic heterocycles. The number of aromatic hydroxyl groups is 1. The van der Waals surface area contributed by atoms with Gasteiger partial charge in [-0.15, -0.1) is 6.58 Å². The lowest BCUT2D eigenvalue weighted by Crippen LogP contribution is -2.33. The molecule has 0 aliphatic carbocycles. The SMILES string of the molecule is C=CCc1ccccc1OCC(O)CNCCOc1ccc(O)c(C(N)=O)c1. The van der Waals surface area contributed by atoms with Gasteiger partial charge in [-0.2, -0.15) is 0 Å². The highest BCUT2D eigenvalue weighted by molar-refractivity contribution is 5.95. The van der Waals surface area contributed by atoms with Crippen molar-refractivity contribution in [3.63, 3.8) is 0 Å². The molecule has 0 aliphatic rings. The molecule has 5 N–H and O–H groups in total. The van der Waals surface area contributed by atoms with Crippen molar-refractivity contribution in [3.05, 3.63) is 66.2 Å². The van der Waals surface area contributed by atoms with E-state index in [0.717, 1.165) is 11.3 Å². The molecule has 0 fully saturated rings. The molecule has 1 amide bonds. The summed E-state index contributed by atoms with van der Waals surface area (Å²) in [5.41, 5.74) is 6.21. The maximum atomic E-state index is 11.2. The molecule has 0 aromatic heterocycles. The minimum absolute atomic E-state index is 0.00904. The summed E-state index contributed by atoms with van der Waals surface area (Å²) < 4.78 is 11.2. The highest BCUT2D eigenvalue weighted by Gasteiger charge is 2.09. The third kappa shape index (κ3) is 6.61. The molecule has 0 saturated heterocycles. The van der Waals surface area contributed by atoms with E-state index in [0.29, 0.717) is 31.9 Å². The van der Waals surface area contributed by atoms with Crippen LogP contribution in [0.3, 0.4) is 0 Å². The molecule has 0 saturated carbocycles. The fraction of sp³-hybridized carbons (Fsp3) is 0.286. The Morgan fingerprint density at radius 3 is 2.79 bits per heavy atom. The van der Waals surface area contributed by atoms with Gasteiger partial charge in [0.15, 0.2) is 0 Å². The van der Waals surface area contributed by atoms with Crippen molar-refractivity contribution >= 4 is 5.91 Å². The van der Waals surface area contributed by atoms with Crippen molar-refractivity contribution in [1.29, 1.82) is 0 Å². The fourth-order valence-corrected chi connectivity index (χ4v) is 2.53. The van der Waals surface area contributed by atoms with E-state index in [2.05, 4.69) is 11.9 Å². The Morgan fingerprint density at radius 2 is 2.04 bits per heavy atom. The van der Waals surface area contributed by atoms with Crippen molar-refractivity contribution in [1.82, 2.24) is 5.32 Å². The van der Waals surface area contributed by atoms with Gasteiger partial charge in [-0.05, 0) is 36.2 Å². The van der Waals surface area contributed by atoms with Crippen LogP contribution in [0.4, 0.5) is 0 Å². The van der Waals surface area contributed by atoms with Crippen molar-refractivity contribution in [2.24, 2.45) is 5.73 Å². The van der Waals surface area contributed by atoms with Crippen molar-refractivity contribution in [3.8, 4) is 17.2 Å². The summed E-state index contributed by atoms with van der Waals surface area (Å²) in [6.45, 7) is 5.04. The standard InChI is InChI=1S/C21H26N2O5/c1-2-5-15-6-3-4-7-20(15)28-14-16(24)13-23-10-11-27-17-8-9-19(25)18(12-17)21(22)26/h2-4,6-9,12,16,23-25H,1,5,10-11,13-14H2,(H2,22,26). The van der Waals surface area contributed by atoms with Gasteiger partial charge in [0.1, 0.15) is 36.6 Å². The Morgan fingerprint density at radius 1 is 1.25 bits per heavy atom. The maximum Gasteiger partial charge on any atom is 0.252 e. The van der Waals surface area contributed by atoms with Crippen LogP contribution in [-0.4, -0.2) is 48.5 Å². The number of rotatable bonds is 12. The number of nitrogens with two attached hydrogens (primary N) is 1. The minimum atomic E-state index is -0.723. The molecule has 0 bridgehead atoms. The normalized spacial score (nSPS) is 11.6. The number of aliphatic hydroxyl groups is 1. The number of carbonyl (C=O) groups is 1. The minimum Gasteiger partial charge on any atom is -0.507 e. The van der Waals surface area contributed by atoms with Gasteiger partial charge in [-0.1, -0.05) is 24.3 Å². The first kappa shape index (κ1) is 21.3. The van der Waals surface area contributed by atoms with Gasteiger partial charge < -0.3 is 30.7 Å². The third-order valence-electron chi connectivity index (χ3n) is 3.93. The zero-order valence-electron chi connectivity index (χ0n) is 15.6. The second-order valence-corrected chi connectivity index (χ2v) is 6.16. The second-order valence-electron chi connectivity index (χ2n) is 6.16. The molecule has 0 spiro atoms. The zero-order valence-corrected chi connectivity index (χ0v) is 15.6. The number of carbonyl (C=O) groups excluding carboxylic acids is 1. The summed E-state index contributed by atoms with van der Waals surface area (Å²) in [6.07, 6.45) is 1.84. The summed E-state index contributed by atoms with van der Waals surface area (Å²) in [5, 5.41) is 22.7. The van der Waals surface area contributed by atoms with Crippen LogP contribution in [0.15, 0.2) is 55.1 Å². The highest BCUT2D eigenvalue weighted by atomic mass is 16.5. The van der Waals surface area contributed by atoms with Gasteiger partial charge in [-0.3, -0.25) is 4.79 Å². The Balaban J connectivity index is 1.68. The van der Waals surface area contributed by atoms with E-state index in [4.69, 9.17) is 15.2 Å². The first-order valence-corrected chi connectivity index (χ1v) is 8.97. The van der Waals surface area contributed by atoms with E-state index >= 15 is 0 Å². The topological polar surface area (TPSA) is 114 Å². The second kappa shape index (κ2) is 11.0. The Bertz CT molecular complexity index is 794. The number of phenols is 1. The number of ether oxygens (including phenoxy) is 2. The molecule has 1 unspecified atom stereocenters. The number of para-hydroxylation sites is 1. The van der Waals surface area contributed by atoms with E-state index in [1.807, 2.05) is 24.3 Å². The van der Waals surface area contributed by atoms with E-state index in [9.17, 15) is 15.0 Å². The highest BCUT2D eigenvalue weighted by Crippen LogP contribution is 2.22. The number of aliphatic hydroxyl groups excluding tert-OH is 1. The van der Waals surface area contributed by atoms with Crippen LogP contribution in [0.5, 0.6) is 17.2 Å². The number of benzene rings is 2. The van der Waals surface area contributed by atoms with Crippen LogP contribution >= 0.6 is 0 Å². The predicted molar refractivity (Wildman–Crippen MR) is 107 cm³/mol. The molecule has 28 heavy (non-hydrogen) atoms. The smallest absolute Gasteiger partial charge is 0.252 e. The molecule has 0 heterocycles. The summed E-state index contributed by atoms with van der Waals surface area (Å²) >= 11 is 0. The summed E-state index contributed by atoms with van der Waals surface area (Å²) in [4.78, 5) is 11.2. The molecule has 2 aromatic rings. The molecule has 7 heteroatoms. The van der Waals surface area contributed by atoms with E-state index in [-0.39, 0.29) is 17.9 Å². The first-order chi connectivity index (χ1) is 13.5. The van der Waals surface area contributed by atoms with Crippen molar-refractivity contribution in [2.45, 2.75) is 12.5 Å². The summed E-state index contributed by atoms with van der Waals surface area (Å²) in [5.74, 6) is 0.257. The monoisotopic (exact) mass is 386 g/mol. The van der Waals surface area contributed by atoms with Gasteiger partial charge in [0.25, 0.3) is 5.91 Å². The molecular weight excluding hydrogens is 360 g/mol. The largest absolute Gasteiger partial charge is 0.507 e. The van der Waals surface area contributed by atoms with Crippen molar-refractivity contribution < 1.29 is 24.5 Å². The molecule has 2 rings (SSSR count). The van der Waals surface area contributed by atoms with Crippen molar-refractivity contribution in [2.75, 3.05) is 26.3 Å². The summed E-state index contributed by atoms with van der Waals surface area (Å²) in [7, 11) is 0. The Kier molecular flexibility index (Phi) is 8.33. The number of hydrogen-bond acceptors (Lipinski definition) is 6. The van der Waals surface area contributed by atoms with Gasteiger partial charge in [0.2, 0.25) is 0 Å². The maximum absolute atomic E-state index is 11.2. The van der Waals surface area contributed by atoms with Crippen LogP contribution in [-0.2, 0) is 6.42 Å². The molecule has 1 atom stereocenters. The van der Waals surface area contributed by atoms with Gasteiger partial charge in [-0.25, -0.2) is 0 Å².